The van der Waals surface area contributed by atoms with Crippen molar-refractivity contribution in [2.45, 2.75) is 91.1 Å². The van der Waals surface area contributed by atoms with E-state index in [9.17, 15) is 19.2 Å². The largest absolute Gasteiger partial charge is 0.453 e. The Balaban J connectivity index is 2.06. The predicted molar refractivity (Wildman–Crippen MR) is 213 cm³/mol. The number of aromatic nitrogens is 1. The molecule has 0 bridgehead atoms. The quantitative estimate of drug-likeness (QED) is 0.119. The zero-order valence-electron chi connectivity index (χ0n) is 32.9. The van der Waals surface area contributed by atoms with E-state index >= 15 is 0 Å². The van der Waals surface area contributed by atoms with Crippen LogP contribution in [-0.2, 0) is 36.6 Å². The first-order chi connectivity index (χ1) is 25.5. The van der Waals surface area contributed by atoms with Gasteiger partial charge < -0.3 is 35.5 Å². The van der Waals surface area contributed by atoms with Gasteiger partial charge in [0.25, 0.3) is 0 Å². The molecule has 5 atom stereocenters. The first-order valence-electron chi connectivity index (χ1n) is 18.0. The highest BCUT2D eigenvalue weighted by atomic mass is 32.2. The second-order valence-electron chi connectivity index (χ2n) is 15.3. The van der Waals surface area contributed by atoms with E-state index in [1.54, 1.807) is 6.20 Å². The molecule has 4 amide bonds. The maximum absolute atomic E-state index is 14.1. The number of pyridine rings is 1. The molecule has 0 aliphatic carbocycles. The molecule has 12 nitrogen and oxygen atoms in total. The SMILES string of the molecule is COC(=O)N[C@H](C(=O)N[C@@H](Cc1ccc(-c2ccccn2)cc1)C[C@H](OCSC)[C@H](Cc1ccccc1)NC(=O)[C@@H](NC(=O)OC)C(C)(C)C)C(C)(C)C. The number of amides is 4. The number of carbonyl (C=O) groups is 4. The smallest absolute Gasteiger partial charge is 0.407 e. The van der Waals surface area contributed by atoms with Gasteiger partial charge in [-0.3, -0.25) is 14.6 Å². The third-order valence-electron chi connectivity index (χ3n) is 8.89. The fourth-order valence-corrected chi connectivity index (χ4v) is 6.32. The van der Waals surface area contributed by atoms with Crippen LogP contribution in [-0.4, -0.2) is 85.7 Å². The second kappa shape index (κ2) is 20.7. The predicted octanol–water partition coefficient (Wildman–Crippen LogP) is 6.14. The standard InChI is InChI=1S/C41H57N5O7S/c1-40(2,3)34(45-38(49)51-7)36(47)43-30(23-28-18-20-29(21-19-28)31-17-13-14-22-42-31)25-33(53-26-54-9)32(24-27-15-11-10-12-16-27)44-37(48)35(41(4,5)6)46-39(50)52-8/h10-22,30,32-35H,23-26H2,1-9H3,(H,43,47)(H,44,48)(H,45,49)(H,46,50)/t30-,32-,33-,34+,35+/m0/s1. The number of hydrogen-bond acceptors (Lipinski definition) is 9. The molecule has 0 fully saturated rings. The molecule has 3 rings (SSSR count). The number of alkyl carbamates (subject to hydrolysis) is 2. The van der Waals surface area contributed by atoms with Crippen LogP contribution in [0.25, 0.3) is 11.3 Å². The fraction of sp³-hybridized carbons (Fsp3) is 0.488. The maximum Gasteiger partial charge on any atom is 0.407 e. The molecule has 0 saturated heterocycles. The Hall–Kier alpha value is -4.62. The average molecular weight is 764 g/mol. The number of ether oxygens (including phenoxy) is 3. The lowest BCUT2D eigenvalue weighted by molar-refractivity contribution is -0.128. The Bertz CT molecular complexity index is 1630. The summed E-state index contributed by atoms with van der Waals surface area (Å²) in [6.45, 7) is 11.2. The Morgan fingerprint density at radius 1 is 0.685 bits per heavy atom. The molecule has 4 N–H and O–H groups in total. The van der Waals surface area contributed by atoms with Gasteiger partial charge in [-0.05, 0) is 59.6 Å². The number of nitrogens with one attached hydrogen (secondary N) is 4. The van der Waals surface area contributed by atoms with Gasteiger partial charge in [-0.2, -0.15) is 0 Å². The Labute approximate surface area is 324 Å². The van der Waals surface area contributed by atoms with Gasteiger partial charge in [0.1, 0.15) is 12.1 Å². The maximum atomic E-state index is 14.1. The topological polar surface area (TPSA) is 157 Å². The summed E-state index contributed by atoms with van der Waals surface area (Å²) in [5.74, 6) is -0.458. The van der Waals surface area contributed by atoms with Crippen LogP contribution in [0.1, 0.15) is 59.1 Å². The molecule has 0 radical (unpaired) electrons. The van der Waals surface area contributed by atoms with Crippen LogP contribution < -0.4 is 21.3 Å². The van der Waals surface area contributed by atoms with Crippen molar-refractivity contribution in [1.82, 2.24) is 26.3 Å². The molecule has 0 saturated carbocycles. The van der Waals surface area contributed by atoms with Crippen LogP contribution in [0.2, 0.25) is 0 Å². The molecule has 0 spiro atoms. The summed E-state index contributed by atoms with van der Waals surface area (Å²) in [5, 5.41) is 11.8. The number of benzene rings is 2. The van der Waals surface area contributed by atoms with Crippen LogP contribution in [0, 0.1) is 10.8 Å². The summed E-state index contributed by atoms with van der Waals surface area (Å²) in [6.07, 6.45) is 2.77. The van der Waals surface area contributed by atoms with Crippen molar-refractivity contribution in [3.05, 3.63) is 90.1 Å². The minimum absolute atomic E-state index is 0.297. The average Bonchev–Trinajstić information content (AvgIpc) is 3.13. The zero-order valence-corrected chi connectivity index (χ0v) is 33.8. The van der Waals surface area contributed by atoms with Crippen molar-refractivity contribution < 1.29 is 33.4 Å². The summed E-state index contributed by atoms with van der Waals surface area (Å²) in [4.78, 5) is 57.3. The molecule has 0 unspecified atom stereocenters. The van der Waals surface area contributed by atoms with E-state index in [1.807, 2.05) is 121 Å². The molecular weight excluding hydrogens is 707 g/mol. The van der Waals surface area contributed by atoms with Crippen molar-refractivity contribution in [2.75, 3.05) is 26.4 Å². The number of carbonyl (C=O) groups excluding carboxylic acids is 4. The number of thioether (sulfide) groups is 1. The lowest BCUT2D eigenvalue weighted by atomic mass is 9.85. The molecular formula is C41H57N5O7S. The van der Waals surface area contributed by atoms with Gasteiger partial charge in [0.05, 0.1) is 38.0 Å². The van der Waals surface area contributed by atoms with Crippen LogP contribution in [0.15, 0.2) is 79.0 Å². The molecule has 2 aromatic carbocycles. The molecule has 54 heavy (non-hydrogen) atoms. The van der Waals surface area contributed by atoms with Crippen LogP contribution >= 0.6 is 11.8 Å². The minimum Gasteiger partial charge on any atom is -0.453 e. The van der Waals surface area contributed by atoms with E-state index in [1.165, 1.54) is 26.0 Å². The van der Waals surface area contributed by atoms with E-state index in [2.05, 4.69) is 26.3 Å². The molecule has 0 aliphatic heterocycles. The number of rotatable bonds is 17. The monoisotopic (exact) mass is 763 g/mol. The second-order valence-corrected chi connectivity index (χ2v) is 16.2. The fourth-order valence-electron chi connectivity index (χ4n) is 6.01. The molecule has 1 aromatic heterocycles. The molecule has 13 heteroatoms. The molecule has 0 aliphatic rings. The third-order valence-corrected chi connectivity index (χ3v) is 9.26. The van der Waals surface area contributed by atoms with E-state index in [4.69, 9.17) is 14.2 Å². The first kappa shape index (κ1) is 43.8. The summed E-state index contributed by atoms with van der Waals surface area (Å²) in [5.41, 5.74) is 2.41. The summed E-state index contributed by atoms with van der Waals surface area (Å²) in [7, 11) is 2.51. The van der Waals surface area contributed by atoms with Crippen molar-refractivity contribution >= 4 is 35.8 Å². The highest BCUT2D eigenvalue weighted by molar-refractivity contribution is 7.98. The van der Waals surface area contributed by atoms with Gasteiger partial charge in [-0.1, -0.05) is 102 Å². The van der Waals surface area contributed by atoms with Gasteiger partial charge in [0.2, 0.25) is 11.8 Å². The number of nitrogens with zero attached hydrogens (tertiary/aromatic N) is 1. The number of hydrogen-bond donors (Lipinski definition) is 4. The highest BCUT2D eigenvalue weighted by Gasteiger charge is 2.38. The van der Waals surface area contributed by atoms with Gasteiger partial charge >= 0.3 is 12.2 Å². The van der Waals surface area contributed by atoms with Gasteiger partial charge in [-0.25, -0.2) is 9.59 Å². The lowest BCUT2D eigenvalue weighted by Gasteiger charge is -2.36. The molecule has 1 heterocycles. The highest BCUT2D eigenvalue weighted by Crippen LogP contribution is 2.25. The van der Waals surface area contributed by atoms with E-state index < -0.39 is 59.2 Å². The van der Waals surface area contributed by atoms with Gasteiger partial charge in [0.15, 0.2) is 0 Å². The Morgan fingerprint density at radius 3 is 1.72 bits per heavy atom. The van der Waals surface area contributed by atoms with Gasteiger partial charge in [0, 0.05) is 17.8 Å². The third kappa shape index (κ3) is 14.0. The first-order valence-corrected chi connectivity index (χ1v) is 19.4. The van der Waals surface area contributed by atoms with Gasteiger partial charge in [-0.15, -0.1) is 11.8 Å². The van der Waals surface area contributed by atoms with Crippen molar-refractivity contribution in [3.8, 4) is 11.3 Å². The van der Waals surface area contributed by atoms with Crippen molar-refractivity contribution in [3.63, 3.8) is 0 Å². The summed E-state index contributed by atoms with van der Waals surface area (Å²) < 4.78 is 16.2. The Morgan fingerprint density at radius 2 is 1.22 bits per heavy atom. The number of methoxy groups -OCH3 is 2. The minimum atomic E-state index is -0.922. The zero-order chi connectivity index (χ0) is 39.9. The summed E-state index contributed by atoms with van der Waals surface area (Å²) in [6, 6.07) is 20.6. The van der Waals surface area contributed by atoms with Crippen molar-refractivity contribution in [2.24, 2.45) is 10.8 Å². The van der Waals surface area contributed by atoms with E-state index in [0.29, 0.717) is 25.2 Å². The van der Waals surface area contributed by atoms with Crippen LogP contribution in [0.5, 0.6) is 0 Å². The Kier molecular flexibility index (Phi) is 16.8. The molecule has 3 aromatic rings. The lowest BCUT2D eigenvalue weighted by Crippen LogP contribution is -2.59. The molecule has 294 valence electrons. The van der Waals surface area contributed by atoms with Crippen molar-refractivity contribution in [1.29, 1.82) is 0 Å². The van der Waals surface area contributed by atoms with E-state index in [-0.39, 0.29) is 5.91 Å². The van der Waals surface area contributed by atoms with Crippen LogP contribution in [0.3, 0.4) is 0 Å². The van der Waals surface area contributed by atoms with Crippen LogP contribution in [0.4, 0.5) is 9.59 Å². The summed E-state index contributed by atoms with van der Waals surface area (Å²) >= 11 is 1.49. The van der Waals surface area contributed by atoms with E-state index in [0.717, 1.165) is 22.4 Å². The normalized spacial score (nSPS) is 14.4.